The van der Waals surface area contributed by atoms with Crippen molar-refractivity contribution in [3.63, 3.8) is 0 Å². The van der Waals surface area contributed by atoms with Gasteiger partial charge in [-0.15, -0.1) is 11.8 Å². The predicted octanol–water partition coefficient (Wildman–Crippen LogP) is 3.61. The second-order valence-corrected chi connectivity index (χ2v) is 7.30. The molecule has 0 bridgehead atoms. The zero-order valence-corrected chi connectivity index (χ0v) is 17.2. The minimum absolute atomic E-state index is 0.0225. The summed E-state index contributed by atoms with van der Waals surface area (Å²) in [6.07, 6.45) is 0. The molecule has 0 aromatic heterocycles. The van der Waals surface area contributed by atoms with Crippen molar-refractivity contribution < 1.29 is 14.3 Å². The van der Waals surface area contributed by atoms with Crippen molar-refractivity contribution in [1.82, 2.24) is 10.2 Å². The van der Waals surface area contributed by atoms with Crippen LogP contribution in [0.3, 0.4) is 0 Å². The summed E-state index contributed by atoms with van der Waals surface area (Å²) in [7, 11) is 5.67. The Balaban J connectivity index is 1.84. The number of rotatable bonds is 10. The second kappa shape index (κ2) is 10.8. The number of carbonyl (C=O) groups excluding carboxylic acids is 1. The van der Waals surface area contributed by atoms with Crippen LogP contribution in [-0.4, -0.2) is 50.9 Å². The molecule has 0 fully saturated rings. The summed E-state index contributed by atoms with van der Waals surface area (Å²) in [6.45, 7) is 3.16. The molecule has 0 radical (unpaired) electrons. The Hall–Kier alpha value is -2.18. The van der Waals surface area contributed by atoms with Crippen LogP contribution >= 0.6 is 11.8 Å². The number of thioether (sulfide) groups is 1. The van der Waals surface area contributed by atoms with Crippen LogP contribution in [0.1, 0.15) is 18.5 Å². The average Bonchev–Trinajstić information content (AvgIpc) is 2.68. The highest BCUT2D eigenvalue weighted by molar-refractivity contribution is 8.00. The van der Waals surface area contributed by atoms with Gasteiger partial charge >= 0.3 is 0 Å². The maximum Gasteiger partial charge on any atom is 0.230 e. The van der Waals surface area contributed by atoms with E-state index in [-0.39, 0.29) is 11.9 Å². The van der Waals surface area contributed by atoms with Crippen molar-refractivity contribution in [1.29, 1.82) is 0 Å². The molecule has 0 saturated heterocycles. The number of ether oxygens (including phenoxy) is 2. The van der Waals surface area contributed by atoms with Crippen LogP contribution in [0.15, 0.2) is 53.4 Å². The molecule has 0 aliphatic heterocycles. The lowest BCUT2D eigenvalue weighted by molar-refractivity contribution is -0.118. The molecule has 1 unspecified atom stereocenters. The van der Waals surface area contributed by atoms with Gasteiger partial charge in [-0.05, 0) is 63.0 Å². The van der Waals surface area contributed by atoms with Crippen molar-refractivity contribution in [2.75, 3.05) is 40.1 Å². The molecule has 2 rings (SSSR count). The van der Waals surface area contributed by atoms with Crippen LogP contribution in [0.2, 0.25) is 0 Å². The van der Waals surface area contributed by atoms with Gasteiger partial charge in [-0.1, -0.05) is 12.1 Å². The molecule has 5 nitrogen and oxygen atoms in total. The fraction of sp³-hybridized carbons (Fsp3) is 0.381. The lowest BCUT2D eigenvalue weighted by Crippen LogP contribution is -2.35. The van der Waals surface area contributed by atoms with Crippen LogP contribution in [0.4, 0.5) is 0 Å². The molecule has 0 spiro atoms. The maximum absolute atomic E-state index is 12.2. The Bertz CT molecular complexity index is 702. The third-order valence-electron chi connectivity index (χ3n) is 4.12. The largest absolute Gasteiger partial charge is 0.497 e. The lowest BCUT2D eigenvalue weighted by Gasteiger charge is -2.25. The van der Waals surface area contributed by atoms with Crippen LogP contribution in [0, 0.1) is 0 Å². The van der Waals surface area contributed by atoms with E-state index in [1.165, 1.54) is 11.8 Å². The van der Waals surface area contributed by atoms with E-state index in [9.17, 15) is 4.79 Å². The molecule has 27 heavy (non-hydrogen) atoms. The fourth-order valence-corrected chi connectivity index (χ4v) is 3.36. The zero-order chi connectivity index (χ0) is 19.6. The number of hydrogen-bond acceptors (Lipinski definition) is 5. The Labute approximate surface area is 166 Å². The van der Waals surface area contributed by atoms with E-state index >= 15 is 0 Å². The van der Waals surface area contributed by atoms with Crippen molar-refractivity contribution >= 4 is 17.7 Å². The predicted molar refractivity (Wildman–Crippen MR) is 111 cm³/mol. The van der Waals surface area contributed by atoms with Gasteiger partial charge < -0.3 is 19.7 Å². The van der Waals surface area contributed by atoms with Gasteiger partial charge in [0.2, 0.25) is 5.91 Å². The van der Waals surface area contributed by atoms with Crippen molar-refractivity contribution in [2.24, 2.45) is 0 Å². The molecule has 2 aromatic rings. The summed E-state index contributed by atoms with van der Waals surface area (Å²) in [5, 5.41) is 3.04. The summed E-state index contributed by atoms with van der Waals surface area (Å²) in [5.74, 6) is 2.08. The number of likely N-dealkylation sites (N-methyl/N-ethyl adjacent to an activating group) is 1. The smallest absolute Gasteiger partial charge is 0.230 e. The van der Waals surface area contributed by atoms with E-state index in [0.717, 1.165) is 22.0 Å². The minimum atomic E-state index is 0.0225. The third-order valence-corrected chi connectivity index (χ3v) is 5.13. The summed E-state index contributed by atoms with van der Waals surface area (Å²) < 4.78 is 10.6. The zero-order valence-electron chi connectivity index (χ0n) is 16.4. The summed E-state index contributed by atoms with van der Waals surface area (Å²) >= 11 is 1.52. The van der Waals surface area contributed by atoms with Gasteiger partial charge in [0.15, 0.2) is 0 Å². The average molecular weight is 389 g/mol. The first-order valence-corrected chi connectivity index (χ1v) is 9.94. The lowest BCUT2D eigenvalue weighted by atomic mass is 10.1. The van der Waals surface area contributed by atoms with Gasteiger partial charge in [-0.25, -0.2) is 0 Å². The van der Waals surface area contributed by atoms with Gasteiger partial charge in [0.05, 0.1) is 25.5 Å². The topological polar surface area (TPSA) is 50.8 Å². The normalized spacial score (nSPS) is 11.9. The quantitative estimate of drug-likeness (QED) is 0.630. The van der Waals surface area contributed by atoms with Gasteiger partial charge in [0, 0.05) is 11.4 Å². The monoisotopic (exact) mass is 388 g/mol. The fourth-order valence-electron chi connectivity index (χ4n) is 2.63. The maximum atomic E-state index is 12.2. The van der Waals surface area contributed by atoms with Gasteiger partial charge in [0.25, 0.3) is 0 Å². The van der Waals surface area contributed by atoms with E-state index < -0.39 is 0 Å². The van der Waals surface area contributed by atoms with Crippen molar-refractivity contribution in [3.05, 3.63) is 54.1 Å². The number of amides is 1. The Morgan fingerprint density at radius 3 is 2.26 bits per heavy atom. The molecule has 0 saturated carbocycles. The molecular formula is C21H28N2O3S. The molecule has 6 heteroatoms. The highest BCUT2D eigenvalue weighted by Gasteiger charge is 2.15. The summed E-state index contributed by atoms with van der Waals surface area (Å²) in [6, 6.07) is 15.9. The van der Waals surface area contributed by atoms with Gasteiger partial charge in [-0.2, -0.15) is 0 Å². The second-order valence-electron chi connectivity index (χ2n) is 6.25. The molecule has 2 aromatic carbocycles. The summed E-state index contributed by atoms with van der Waals surface area (Å²) in [5.41, 5.74) is 1.14. The number of nitrogens with zero attached hydrogens (tertiary/aromatic N) is 1. The number of benzene rings is 2. The minimum Gasteiger partial charge on any atom is -0.497 e. The molecule has 1 N–H and O–H groups in total. The Morgan fingerprint density at radius 2 is 1.70 bits per heavy atom. The van der Waals surface area contributed by atoms with Crippen molar-refractivity contribution in [3.8, 4) is 11.5 Å². The highest BCUT2D eigenvalue weighted by atomic mass is 32.2. The molecule has 0 heterocycles. The van der Waals surface area contributed by atoms with Crippen LogP contribution in [0.25, 0.3) is 0 Å². The van der Waals surface area contributed by atoms with Gasteiger partial charge in [0.1, 0.15) is 11.5 Å². The number of methoxy groups -OCH3 is 1. The van der Waals surface area contributed by atoms with E-state index in [1.54, 1.807) is 7.11 Å². The van der Waals surface area contributed by atoms with E-state index in [1.807, 2.05) is 69.6 Å². The summed E-state index contributed by atoms with van der Waals surface area (Å²) in [4.78, 5) is 15.4. The number of carbonyl (C=O) groups is 1. The number of nitrogens with one attached hydrogen (secondary N) is 1. The van der Waals surface area contributed by atoms with Crippen molar-refractivity contribution in [2.45, 2.75) is 17.9 Å². The first kappa shape index (κ1) is 21.1. The van der Waals surface area contributed by atoms with Crippen LogP contribution in [0.5, 0.6) is 11.5 Å². The highest BCUT2D eigenvalue weighted by Crippen LogP contribution is 2.22. The third kappa shape index (κ3) is 6.81. The number of hydrogen-bond donors (Lipinski definition) is 1. The van der Waals surface area contributed by atoms with Crippen LogP contribution < -0.4 is 14.8 Å². The molecule has 0 aliphatic rings. The Morgan fingerprint density at radius 1 is 1.07 bits per heavy atom. The SMILES string of the molecule is CCOc1ccc(SCC(=O)NCC(c2ccc(OC)cc2)N(C)C)cc1. The molecular weight excluding hydrogens is 360 g/mol. The van der Waals surface area contributed by atoms with Crippen LogP contribution in [-0.2, 0) is 4.79 Å². The first-order valence-electron chi connectivity index (χ1n) is 8.96. The standard InChI is InChI=1S/C21H28N2O3S/c1-5-26-18-10-12-19(13-11-18)27-15-21(24)22-14-20(23(2)3)16-6-8-17(25-4)9-7-16/h6-13,20H,5,14-15H2,1-4H3,(H,22,24). The molecule has 1 atom stereocenters. The molecule has 1 amide bonds. The Kier molecular flexibility index (Phi) is 8.48. The molecule has 0 aliphatic carbocycles. The van der Waals surface area contributed by atoms with E-state index in [4.69, 9.17) is 9.47 Å². The first-order chi connectivity index (χ1) is 13.0. The van der Waals surface area contributed by atoms with E-state index in [2.05, 4.69) is 10.2 Å². The van der Waals surface area contributed by atoms with Gasteiger partial charge in [-0.3, -0.25) is 4.79 Å². The molecule has 146 valence electrons. The van der Waals surface area contributed by atoms with E-state index in [0.29, 0.717) is 18.9 Å².